The minimum atomic E-state index is -4.94. The van der Waals surface area contributed by atoms with Crippen LogP contribution in [0, 0.1) is 0 Å². The third-order valence-electron chi connectivity index (χ3n) is 8.88. The molecule has 6 rings (SSSR count). The van der Waals surface area contributed by atoms with Gasteiger partial charge in [0, 0.05) is 35.6 Å². The van der Waals surface area contributed by atoms with Gasteiger partial charge in [-0.15, -0.1) is 13.2 Å². The first kappa shape index (κ1) is 36.8. The smallest absolute Gasteiger partial charge is 0.406 e. The Bertz CT molecular complexity index is 2050. The summed E-state index contributed by atoms with van der Waals surface area (Å²) in [5.41, 5.74) is 0.380. The number of carbonyl (C=O) groups is 4. The molecule has 0 bridgehead atoms. The van der Waals surface area contributed by atoms with Crippen molar-refractivity contribution in [2.24, 2.45) is 0 Å². The van der Waals surface area contributed by atoms with E-state index in [0.29, 0.717) is 22.5 Å². The van der Waals surface area contributed by atoms with Crippen molar-refractivity contribution < 1.29 is 37.1 Å². The summed E-state index contributed by atoms with van der Waals surface area (Å²) >= 11 is 0. The lowest BCUT2D eigenvalue weighted by Gasteiger charge is -2.39. The number of carbonyl (C=O) groups excluding carboxylic acids is 4. The number of halogens is 3. The largest absolute Gasteiger partial charge is 0.573 e. The molecule has 5 N–H and O–H groups in total. The zero-order valence-electron chi connectivity index (χ0n) is 28.7. The minimum absolute atomic E-state index is 0.00219. The second-order valence-corrected chi connectivity index (χ2v) is 12.3. The highest BCUT2D eigenvalue weighted by molar-refractivity contribution is 6.24. The molecule has 1 fully saturated rings. The molecule has 276 valence electrons. The standard InChI is InChI=1S/C38H33F3N8O5/c1-23(25-17-19-42-31(21-25)46-34(51)44-27-9-5-3-6-10-27)37(33(50)49(36(53)48-37)29-13-15-30(16-14-29)54-38(39,40)41)24(2)26-18-20-43-32(22-26)47-35(52)45-28-11-7-4-8-12-28/h3-24H,1-2H3,(H,48,53)(H2,42,44,46,51)(H2,43,45,47,52). The van der Waals surface area contributed by atoms with E-state index in [1.165, 1.54) is 24.5 Å². The van der Waals surface area contributed by atoms with Gasteiger partial charge in [-0.1, -0.05) is 50.2 Å². The van der Waals surface area contributed by atoms with E-state index in [4.69, 9.17) is 0 Å². The topological polar surface area (TPSA) is 167 Å². The highest BCUT2D eigenvalue weighted by Gasteiger charge is 2.58. The van der Waals surface area contributed by atoms with E-state index >= 15 is 0 Å². The molecule has 7 amide bonds. The summed E-state index contributed by atoms with van der Waals surface area (Å²) in [5.74, 6) is -2.55. The second-order valence-electron chi connectivity index (χ2n) is 12.3. The summed E-state index contributed by atoms with van der Waals surface area (Å²) < 4.78 is 42.5. The van der Waals surface area contributed by atoms with Gasteiger partial charge >= 0.3 is 24.5 Å². The maximum atomic E-state index is 14.8. The number of hydrogen-bond donors (Lipinski definition) is 5. The Morgan fingerprint density at radius 3 is 1.61 bits per heavy atom. The molecule has 16 heteroatoms. The first-order valence-corrected chi connectivity index (χ1v) is 16.5. The van der Waals surface area contributed by atoms with Gasteiger partial charge in [-0.05, 0) is 83.9 Å². The van der Waals surface area contributed by atoms with Crippen LogP contribution in [0.15, 0.2) is 122 Å². The summed E-state index contributed by atoms with van der Waals surface area (Å²) in [4.78, 5) is 63.5. The number of urea groups is 3. The van der Waals surface area contributed by atoms with Crippen LogP contribution in [-0.2, 0) is 4.79 Å². The van der Waals surface area contributed by atoms with E-state index in [1.807, 2.05) is 0 Å². The Kier molecular flexibility index (Phi) is 10.4. The Morgan fingerprint density at radius 2 is 1.17 bits per heavy atom. The van der Waals surface area contributed by atoms with Crippen LogP contribution < -0.4 is 36.2 Å². The predicted molar refractivity (Wildman–Crippen MR) is 195 cm³/mol. The second kappa shape index (κ2) is 15.3. The van der Waals surface area contributed by atoms with Crippen molar-refractivity contribution in [2.45, 2.75) is 37.6 Å². The maximum absolute atomic E-state index is 14.8. The molecule has 0 radical (unpaired) electrons. The zero-order valence-corrected chi connectivity index (χ0v) is 28.7. The first-order chi connectivity index (χ1) is 25.8. The molecule has 3 heterocycles. The van der Waals surface area contributed by atoms with Crippen LogP contribution in [0.25, 0.3) is 0 Å². The maximum Gasteiger partial charge on any atom is 0.573 e. The zero-order chi connectivity index (χ0) is 38.5. The Hall–Kier alpha value is -6.97. The molecule has 0 aliphatic carbocycles. The Labute approximate surface area is 307 Å². The van der Waals surface area contributed by atoms with E-state index in [1.54, 1.807) is 98.8 Å². The van der Waals surface area contributed by atoms with Crippen LogP contribution >= 0.6 is 0 Å². The lowest BCUT2D eigenvalue weighted by atomic mass is 9.70. The van der Waals surface area contributed by atoms with E-state index in [9.17, 15) is 32.3 Å². The Balaban J connectivity index is 1.33. The van der Waals surface area contributed by atoms with Gasteiger partial charge in [0.25, 0.3) is 5.91 Å². The number of benzene rings is 3. The van der Waals surface area contributed by atoms with Crippen LogP contribution in [0.3, 0.4) is 0 Å². The highest BCUT2D eigenvalue weighted by atomic mass is 19.4. The van der Waals surface area contributed by atoms with Gasteiger partial charge < -0.3 is 20.7 Å². The number of ether oxygens (including phenoxy) is 1. The summed E-state index contributed by atoms with van der Waals surface area (Å²) in [7, 11) is 0. The van der Waals surface area contributed by atoms with Crippen molar-refractivity contribution in [1.29, 1.82) is 0 Å². The van der Waals surface area contributed by atoms with Gasteiger partial charge in [-0.2, -0.15) is 0 Å². The minimum Gasteiger partial charge on any atom is -0.406 e. The fourth-order valence-electron chi connectivity index (χ4n) is 6.25. The number of nitrogens with zero attached hydrogens (tertiary/aromatic N) is 3. The summed E-state index contributed by atoms with van der Waals surface area (Å²) in [6, 6.07) is 26.3. The molecule has 2 unspecified atom stereocenters. The number of imide groups is 1. The fourth-order valence-corrected chi connectivity index (χ4v) is 6.25. The number of aromatic nitrogens is 2. The molecule has 3 aromatic carbocycles. The quantitative estimate of drug-likeness (QED) is 0.0904. The normalized spacial score (nSPS) is 16.5. The molecule has 1 aliphatic heterocycles. The van der Waals surface area contributed by atoms with Gasteiger partial charge in [-0.25, -0.2) is 29.3 Å². The first-order valence-electron chi connectivity index (χ1n) is 16.5. The van der Waals surface area contributed by atoms with Crippen LogP contribution in [0.4, 0.5) is 56.3 Å². The number of rotatable bonds is 10. The molecule has 2 aromatic heterocycles. The SMILES string of the molecule is CC(c1ccnc(NC(=O)Nc2ccccc2)c1)C1(C(C)c2ccnc(NC(=O)Nc3ccccc3)c2)NC(=O)N(c2ccc(OC(F)(F)F)cc2)C1=O. The molecule has 13 nitrogen and oxygen atoms in total. The van der Waals surface area contributed by atoms with Gasteiger partial charge in [0.1, 0.15) is 22.9 Å². The molecule has 54 heavy (non-hydrogen) atoms. The van der Waals surface area contributed by atoms with E-state index < -0.39 is 53.5 Å². The van der Waals surface area contributed by atoms with E-state index in [2.05, 4.69) is 41.3 Å². The van der Waals surface area contributed by atoms with Crippen LogP contribution in [0.2, 0.25) is 0 Å². The van der Waals surface area contributed by atoms with Crippen molar-refractivity contribution in [1.82, 2.24) is 15.3 Å². The summed E-state index contributed by atoms with van der Waals surface area (Å²) in [5, 5.41) is 13.7. The van der Waals surface area contributed by atoms with Crippen LogP contribution in [0.5, 0.6) is 5.75 Å². The molecule has 5 aromatic rings. The number of hydrogen-bond acceptors (Lipinski definition) is 7. The van der Waals surface area contributed by atoms with Gasteiger partial charge in [0.05, 0.1) is 5.69 Å². The Morgan fingerprint density at radius 1 is 0.704 bits per heavy atom. The van der Waals surface area contributed by atoms with Crippen molar-refractivity contribution in [3.63, 3.8) is 0 Å². The number of anilines is 5. The molecular formula is C38H33F3N8O5. The number of pyridine rings is 2. The fraction of sp³-hybridized carbons (Fsp3) is 0.158. The average molecular weight is 739 g/mol. The van der Waals surface area contributed by atoms with Crippen molar-refractivity contribution in [3.8, 4) is 5.75 Å². The van der Waals surface area contributed by atoms with Crippen molar-refractivity contribution in [3.05, 3.63) is 133 Å². The number of amides is 7. The van der Waals surface area contributed by atoms with Gasteiger partial charge in [0.2, 0.25) is 0 Å². The number of para-hydroxylation sites is 2. The summed E-state index contributed by atoms with van der Waals surface area (Å²) in [6.45, 7) is 3.44. The molecule has 0 spiro atoms. The molecule has 1 saturated heterocycles. The van der Waals surface area contributed by atoms with E-state index in [0.717, 1.165) is 17.0 Å². The summed E-state index contributed by atoms with van der Waals surface area (Å²) in [6.07, 6.45) is -2.05. The van der Waals surface area contributed by atoms with Crippen molar-refractivity contribution >= 4 is 52.7 Å². The van der Waals surface area contributed by atoms with Gasteiger partial charge in [-0.3, -0.25) is 15.4 Å². The third kappa shape index (κ3) is 8.22. The molecular weight excluding hydrogens is 705 g/mol. The number of nitrogens with one attached hydrogen (secondary N) is 5. The monoisotopic (exact) mass is 738 g/mol. The average Bonchev–Trinajstić information content (AvgIpc) is 3.41. The van der Waals surface area contributed by atoms with Crippen LogP contribution in [0.1, 0.15) is 36.8 Å². The number of alkyl halides is 3. The molecule has 1 aliphatic rings. The third-order valence-corrected chi connectivity index (χ3v) is 8.88. The lowest BCUT2D eigenvalue weighted by molar-refractivity contribution is -0.274. The van der Waals surface area contributed by atoms with Gasteiger partial charge in [0.15, 0.2) is 0 Å². The van der Waals surface area contributed by atoms with Crippen molar-refractivity contribution in [2.75, 3.05) is 26.2 Å². The van der Waals surface area contributed by atoms with E-state index in [-0.39, 0.29) is 17.3 Å². The lowest BCUT2D eigenvalue weighted by Crippen LogP contribution is -2.55. The molecule has 2 atom stereocenters. The molecule has 0 saturated carbocycles. The van der Waals surface area contributed by atoms with Crippen LogP contribution in [-0.4, -0.2) is 45.9 Å². The predicted octanol–water partition coefficient (Wildman–Crippen LogP) is 8.07. The highest BCUT2D eigenvalue weighted by Crippen LogP contribution is 2.45.